The van der Waals surface area contributed by atoms with Crippen LogP contribution in [0.2, 0.25) is 0 Å². The fraction of sp³-hybridized carbons (Fsp3) is 0.316. The molecule has 1 aliphatic rings. The zero-order valence-electron chi connectivity index (χ0n) is 14.6. The molecule has 4 heterocycles. The Morgan fingerprint density at radius 1 is 1.23 bits per heavy atom. The lowest BCUT2D eigenvalue weighted by atomic mass is 9.99. The number of nitrogens with one attached hydrogen (secondary N) is 2. The molecule has 3 aromatic rings. The predicted molar refractivity (Wildman–Crippen MR) is 100 cm³/mol. The molecule has 1 amide bonds. The van der Waals surface area contributed by atoms with Gasteiger partial charge in [-0.25, -0.2) is 9.97 Å². The summed E-state index contributed by atoms with van der Waals surface area (Å²) in [7, 11) is 1.88. The Morgan fingerprint density at radius 2 is 2.08 bits per heavy atom. The van der Waals surface area contributed by atoms with E-state index >= 15 is 0 Å². The second-order valence-corrected chi connectivity index (χ2v) is 6.32. The van der Waals surface area contributed by atoms with Gasteiger partial charge in [-0.15, -0.1) is 0 Å². The minimum atomic E-state index is -0.0109. The lowest BCUT2D eigenvalue weighted by Crippen LogP contribution is -2.28. The molecule has 134 valence electrons. The second-order valence-electron chi connectivity index (χ2n) is 6.32. The number of carbonyl (C=O) groups excluding carboxylic acids is 1. The van der Waals surface area contributed by atoms with Crippen LogP contribution in [0.5, 0.6) is 0 Å². The van der Waals surface area contributed by atoms with Crippen molar-refractivity contribution in [1.29, 1.82) is 0 Å². The van der Waals surface area contributed by atoms with Crippen molar-refractivity contribution in [1.82, 2.24) is 14.4 Å². The van der Waals surface area contributed by atoms with Crippen LogP contribution >= 0.6 is 0 Å². The van der Waals surface area contributed by atoms with Crippen LogP contribution in [-0.2, 0) is 9.53 Å². The molecule has 0 aromatic carbocycles. The Labute approximate surface area is 151 Å². The van der Waals surface area contributed by atoms with Crippen molar-refractivity contribution in [2.75, 3.05) is 30.9 Å². The third kappa shape index (κ3) is 3.25. The Hall–Kier alpha value is -2.93. The van der Waals surface area contributed by atoms with Gasteiger partial charge in [-0.2, -0.15) is 0 Å². The summed E-state index contributed by atoms with van der Waals surface area (Å²) in [5.41, 5.74) is 3.47. The zero-order chi connectivity index (χ0) is 17.9. The first-order valence-electron chi connectivity index (χ1n) is 8.75. The molecule has 2 N–H and O–H groups in total. The molecule has 4 rings (SSSR count). The average molecular weight is 351 g/mol. The van der Waals surface area contributed by atoms with E-state index in [1.165, 1.54) is 0 Å². The number of carbonyl (C=O) groups is 1. The van der Waals surface area contributed by atoms with Crippen LogP contribution in [0.15, 0.2) is 42.7 Å². The van der Waals surface area contributed by atoms with Gasteiger partial charge < -0.3 is 15.4 Å². The molecule has 0 saturated carbocycles. The van der Waals surface area contributed by atoms with Gasteiger partial charge in [0.25, 0.3) is 0 Å². The highest BCUT2D eigenvalue weighted by Crippen LogP contribution is 2.23. The number of hydrogen-bond donors (Lipinski definition) is 2. The summed E-state index contributed by atoms with van der Waals surface area (Å²) in [6.07, 6.45) is 5.28. The number of imidazole rings is 1. The van der Waals surface area contributed by atoms with Crippen molar-refractivity contribution in [2.24, 2.45) is 5.92 Å². The Morgan fingerprint density at radius 3 is 2.88 bits per heavy atom. The van der Waals surface area contributed by atoms with Crippen molar-refractivity contribution in [3.05, 3.63) is 42.7 Å². The molecule has 3 aromatic heterocycles. The maximum Gasteiger partial charge on any atom is 0.228 e. The SMILES string of the molecule is CNc1ccc2ncc(-c3cccc(NC(=O)C4CCOCC4)n3)n2c1. The molecule has 1 saturated heterocycles. The van der Waals surface area contributed by atoms with Crippen molar-refractivity contribution >= 4 is 23.1 Å². The molecule has 7 nitrogen and oxygen atoms in total. The quantitative estimate of drug-likeness (QED) is 0.755. The Kier molecular flexibility index (Phi) is 4.53. The third-order valence-corrected chi connectivity index (χ3v) is 4.65. The number of nitrogens with zero attached hydrogens (tertiary/aromatic N) is 3. The topological polar surface area (TPSA) is 80.5 Å². The largest absolute Gasteiger partial charge is 0.387 e. The first kappa shape index (κ1) is 16.5. The number of hydrogen-bond acceptors (Lipinski definition) is 5. The van der Waals surface area contributed by atoms with Crippen LogP contribution in [0, 0.1) is 5.92 Å². The fourth-order valence-electron chi connectivity index (χ4n) is 3.15. The lowest BCUT2D eigenvalue weighted by molar-refractivity contribution is -0.122. The van der Waals surface area contributed by atoms with Crippen molar-refractivity contribution < 1.29 is 9.53 Å². The molecule has 0 unspecified atom stereocenters. The Balaban J connectivity index is 1.60. The molecule has 1 fully saturated rings. The van der Waals surface area contributed by atoms with Crippen molar-refractivity contribution in [3.8, 4) is 11.4 Å². The van der Waals surface area contributed by atoms with Gasteiger partial charge in [0.1, 0.15) is 11.5 Å². The standard InChI is InChI=1S/C19H21N5O2/c1-20-14-5-6-18-21-11-16(24(18)12-14)15-3-2-4-17(22-15)23-19(25)13-7-9-26-10-8-13/h2-6,11-13,20H,7-10H2,1H3,(H,22,23,25). The normalized spacial score (nSPS) is 15.1. The Bertz CT molecular complexity index is 931. The van der Waals surface area contributed by atoms with Gasteiger partial charge in [0, 0.05) is 32.4 Å². The number of anilines is 2. The fourth-order valence-corrected chi connectivity index (χ4v) is 3.15. The highest BCUT2D eigenvalue weighted by atomic mass is 16.5. The summed E-state index contributed by atoms with van der Waals surface area (Å²) in [5, 5.41) is 6.06. The van der Waals surface area contributed by atoms with Gasteiger partial charge in [0.05, 0.1) is 23.3 Å². The van der Waals surface area contributed by atoms with E-state index in [0.29, 0.717) is 19.0 Å². The van der Waals surface area contributed by atoms with Gasteiger partial charge in [-0.05, 0) is 37.1 Å². The van der Waals surface area contributed by atoms with Crippen LogP contribution in [0.3, 0.4) is 0 Å². The summed E-state index contributed by atoms with van der Waals surface area (Å²) in [4.78, 5) is 21.5. The van der Waals surface area contributed by atoms with Gasteiger partial charge in [0.2, 0.25) is 5.91 Å². The van der Waals surface area contributed by atoms with E-state index in [9.17, 15) is 4.79 Å². The predicted octanol–water partition coefficient (Wildman–Crippen LogP) is 2.80. The van der Waals surface area contributed by atoms with Crippen LogP contribution < -0.4 is 10.6 Å². The molecule has 0 aliphatic carbocycles. The lowest BCUT2D eigenvalue weighted by Gasteiger charge is -2.21. The summed E-state index contributed by atoms with van der Waals surface area (Å²) in [6, 6.07) is 9.54. The van der Waals surface area contributed by atoms with Crippen molar-refractivity contribution in [2.45, 2.75) is 12.8 Å². The number of amides is 1. The molecule has 1 aliphatic heterocycles. The van der Waals surface area contributed by atoms with Gasteiger partial charge >= 0.3 is 0 Å². The monoisotopic (exact) mass is 351 g/mol. The summed E-state index contributed by atoms with van der Waals surface area (Å²) >= 11 is 0. The average Bonchev–Trinajstić information content (AvgIpc) is 3.12. The minimum absolute atomic E-state index is 0.00793. The van der Waals surface area contributed by atoms with E-state index in [-0.39, 0.29) is 11.8 Å². The van der Waals surface area contributed by atoms with E-state index in [4.69, 9.17) is 4.74 Å². The molecule has 0 atom stereocenters. The molecular formula is C19H21N5O2. The number of ether oxygens (including phenoxy) is 1. The molecule has 7 heteroatoms. The van der Waals surface area contributed by atoms with E-state index in [2.05, 4.69) is 20.6 Å². The van der Waals surface area contributed by atoms with Crippen LogP contribution in [-0.4, -0.2) is 40.5 Å². The van der Waals surface area contributed by atoms with Gasteiger partial charge in [-0.1, -0.05) is 6.07 Å². The van der Waals surface area contributed by atoms with Crippen LogP contribution in [0.25, 0.3) is 17.0 Å². The van der Waals surface area contributed by atoms with Gasteiger partial charge in [-0.3, -0.25) is 9.20 Å². The first-order chi connectivity index (χ1) is 12.7. The molecule has 0 radical (unpaired) electrons. The number of pyridine rings is 2. The molecule has 0 bridgehead atoms. The molecule has 26 heavy (non-hydrogen) atoms. The maximum atomic E-state index is 12.4. The summed E-state index contributed by atoms with van der Waals surface area (Å²) < 4.78 is 7.30. The molecule has 0 spiro atoms. The number of rotatable bonds is 4. The number of fused-ring (bicyclic) bond motifs is 1. The van der Waals surface area contributed by atoms with Crippen LogP contribution in [0.1, 0.15) is 12.8 Å². The minimum Gasteiger partial charge on any atom is -0.387 e. The van der Waals surface area contributed by atoms with Crippen LogP contribution in [0.4, 0.5) is 11.5 Å². The van der Waals surface area contributed by atoms with E-state index in [1.807, 2.05) is 48.0 Å². The summed E-state index contributed by atoms with van der Waals surface area (Å²) in [5.74, 6) is 0.551. The highest BCUT2D eigenvalue weighted by Gasteiger charge is 2.22. The van der Waals surface area contributed by atoms with Gasteiger partial charge in [0.15, 0.2) is 0 Å². The highest BCUT2D eigenvalue weighted by molar-refractivity contribution is 5.92. The zero-order valence-corrected chi connectivity index (χ0v) is 14.6. The van der Waals surface area contributed by atoms with E-state index in [1.54, 1.807) is 6.20 Å². The smallest absolute Gasteiger partial charge is 0.228 e. The maximum absolute atomic E-state index is 12.4. The number of aromatic nitrogens is 3. The third-order valence-electron chi connectivity index (χ3n) is 4.65. The van der Waals surface area contributed by atoms with E-state index in [0.717, 1.165) is 35.6 Å². The second kappa shape index (κ2) is 7.13. The first-order valence-corrected chi connectivity index (χ1v) is 8.75. The van der Waals surface area contributed by atoms with Crippen molar-refractivity contribution in [3.63, 3.8) is 0 Å². The summed E-state index contributed by atoms with van der Waals surface area (Å²) in [6.45, 7) is 1.28. The molecular weight excluding hydrogens is 330 g/mol. The van der Waals surface area contributed by atoms with E-state index < -0.39 is 0 Å².